The van der Waals surface area contributed by atoms with E-state index in [0.29, 0.717) is 17.3 Å². The monoisotopic (exact) mass is 493 g/mol. The van der Waals surface area contributed by atoms with Gasteiger partial charge < -0.3 is 20.4 Å². The highest BCUT2D eigenvalue weighted by Crippen LogP contribution is 2.34. The number of aromatic nitrogens is 3. The van der Waals surface area contributed by atoms with E-state index in [1.165, 1.54) is 23.7 Å². The zero-order valence-corrected chi connectivity index (χ0v) is 20.5. The lowest BCUT2D eigenvalue weighted by atomic mass is 10.1. The first-order valence-corrected chi connectivity index (χ1v) is 12.4. The van der Waals surface area contributed by atoms with Crippen molar-refractivity contribution in [2.45, 2.75) is 38.9 Å². The second kappa shape index (κ2) is 10.3. The van der Waals surface area contributed by atoms with Gasteiger partial charge in [-0.25, -0.2) is 4.79 Å². The van der Waals surface area contributed by atoms with E-state index in [0.717, 1.165) is 29.1 Å². The summed E-state index contributed by atoms with van der Waals surface area (Å²) in [6.45, 7) is 6.34. The summed E-state index contributed by atoms with van der Waals surface area (Å²) >= 11 is 3.88. The Hall–Kier alpha value is -2.70. The van der Waals surface area contributed by atoms with Gasteiger partial charge in [-0.05, 0) is 31.9 Å². The molecule has 9 nitrogen and oxygen atoms in total. The molecule has 3 rings (SSSR count). The van der Waals surface area contributed by atoms with Crippen molar-refractivity contribution in [3.05, 3.63) is 32.3 Å². The lowest BCUT2D eigenvalue weighted by Crippen LogP contribution is -2.16. The van der Waals surface area contributed by atoms with Crippen LogP contribution in [0.4, 0.5) is 5.00 Å². The van der Waals surface area contributed by atoms with Crippen molar-refractivity contribution in [2.24, 2.45) is 5.73 Å². The Morgan fingerprint density at radius 3 is 2.62 bits per heavy atom. The molecule has 0 radical (unpaired) electrons. The van der Waals surface area contributed by atoms with Gasteiger partial charge in [0.15, 0.2) is 11.0 Å². The number of thioether (sulfide) groups is 1. The third kappa shape index (κ3) is 4.87. The van der Waals surface area contributed by atoms with Crippen LogP contribution in [0.15, 0.2) is 16.6 Å². The summed E-state index contributed by atoms with van der Waals surface area (Å²) in [4.78, 5) is 37.9. The van der Waals surface area contributed by atoms with E-state index in [-0.39, 0.29) is 27.1 Å². The van der Waals surface area contributed by atoms with Crippen LogP contribution in [0.25, 0.3) is 11.4 Å². The predicted octanol–water partition coefficient (Wildman–Crippen LogP) is 3.58. The topological polar surface area (TPSA) is 129 Å². The first-order valence-electron chi connectivity index (χ1n) is 9.75. The van der Waals surface area contributed by atoms with E-state index in [2.05, 4.69) is 33.9 Å². The average Bonchev–Trinajstić information content (AvgIpc) is 3.48. The number of ether oxygens (including phenoxy) is 1. The van der Waals surface area contributed by atoms with Crippen LogP contribution >= 0.6 is 34.4 Å². The molecule has 0 atom stereocenters. The van der Waals surface area contributed by atoms with Crippen LogP contribution in [0.2, 0.25) is 0 Å². The number of thiophene rings is 2. The Kier molecular flexibility index (Phi) is 7.69. The lowest BCUT2D eigenvalue weighted by Gasteiger charge is -2.07. The summed E-state index contributed by atoms with van der Waals surface area (Å²) < 4.78 is 6.74. The van der Waals surface area contributed by atoms with E-state index in [4.69, 9.17) is 10.5 Å². The van der Waals surface area contributed by atoms with Crippen molar-refractivity contribution in [1.82, 2.24) is 14.8 Å². The quantitative estimate of drug-likeness (QED) is 0.344. The summed E-state index contributed by atoms with van der Waals surface area (Å²) in [5, 5.41) is 14.2. The van der Waals surface area contributed by atoms with Gasteiger partial charge >= 0.3 is 5.97 Å². The fourth-order valence-corrected chi connectivity index (χ4v) is 5.73. The molecule has 0 unspecified atom stereocenters. The largest absolute Gasteiger partial charge is 0.465 e. The van der Waals surface area contributed by atoms with E-state index in [9.17, 15) is 14.4 Å². The van der Waals surface area contributed by atoms with Crippen LogP contribution in [-0.2, 0) is 22.5 Å². The van der Waals surface area contributed by atoms with E-state index in [1.807, 2.05) is 11.5 Å². The Bertz CT molecular complexity index is 1160. The van der Waals surface area contributed by atoms with Crippen LogP contribution in [-0.4, -0.2) is 45.4 Å². The maximum atomic E-state index is 12.6. The van der Waals surface area contributed by atoms with Crippen molar-refractivity contribution in [2.75, 3.05) is 18.2 Å². The zero-order valence-electron chi connectivity index (χ0n) is 18.1. The van der Waals surface area contributed by atoms with E-state index in [1.54, 1.807) is 18.3 Å². The SMILES string of the molecule is CCc1cc(-c2nnc(SCC(=O)Nc3sc(C(N)=O)c(C)c3C(=O)OC)n2CC)cs1. The van der Waals surface area contributed by atoms with Gasteiger partial charge in [0.05, 0.1) is 23.3 Å². The van der Waals surface area contributed by atoms with Crippen LogP contribution in [0, 0.1) is 6.92 Å². The molecule has 0 fully saturated rings. The molecular weight excluding hydrogens is 470 g/mol. The maximum Gasteiger partial charge on any atom is 0.341 e. The lowest BCUT2D eigenvalue weighted by molar-refractivity contribution is -0.113. The molecule has 0 bridgehead atoms. The molecule has 3 heterocycles. The number of nitrogens with one attached hydrogen (secondary N) is 1. The predicted molar refractivity (Wildman–Crippen MR) is 127 cm³/mol. The fourth-order valence-electron chi connectivity index (χ4n) is 3.05. The molecule has 0 aliphatic heterocycles. The highest BCUT2D eigenvalue weighted by molar-refractivity contribution is 7.99. The number of hydrogen-bond acceptors (Lipinski definition) is 9. The van der Waals surface area contributed by atoms with E-state index < -0.39 is 11.9 Å². The number of rotatable bonds is 9. The highest BCUT2D eigenvalue weighted by Gasteiger charge is 2.25. The number of primary amides is 1. The molecule has 0 aliphatic rings. The van der Waals surface area contributed by atoms with Gasteiger partial charge in [-0.1, -0.05) is 18.7 Å². The smallest absolute Gasteiger partial charge is 0.341 e. The van der Waals surface area contributed by atoms with Gasteiger partial charge in [0.1, 0.15) is 5.00 Å². The Morgan fingerprint density at radius 1 is 1.28 bits per heavy atom. The number of hydrogen-bond donors (Lipinski definition) is 2. The van der Waals surface area contributed by atoms with Crippen molar-refractivity contribution >= 4 is 57.2 Å². The molecule has 0 spiro atoms. The highest BCUT2D eigenvalue weighted by atomic mass is 32.2. The second-order valence-corrected chi connectivity index (χ2v) is 9.62. The van der Waals surface area contributed by atoms with Crippen LogP contribution in [0.5, 0.6) is 0 Å². The van der Waals surface area contributed by atoms with Gasteiger partial charge in [-0.15, -0.1) is 32.9 Å². The van der Waals surface area contributed by atoms with Crippen molar-refractivity contribution < 1.29 is 19.1 Å². The van der Waals surface area contributed by atoms with Gasteiger partial charge in [-0.2, -0.15) is 0 Å². The first kappa shape index (κ1) is 24.0. The van der Waals surface area contributed by atoms with Crippen LogP contribution in [0.3, 0.4) is 0 Å². The van der Waals surface area contributed by atoms with Crippen molar-refractivity contribution in [3.63, 3.8) is 0 Å². The van der Waals surface area contributed by atoms with Crippen LogP contribution in [0.1, 0.15) is 44.3 Å². The summed E-state index contributed by atoms with van der Waals surface area (Å²) in [7, 11) is 1.23. The minimum Gasteiger partial charge on any atom is -0.465 e. The third-order valence-electron chi connectivity index (χ3n) is 4.64. The van der Waals surface area contributed by atoms with E-state index >= 15 is 0 Å². The molecule has 0 saturated carbocycles. The van der Waals surface area contributed by atoms with Crippen LogP contribution < -0.4 is 11.1 Å². The minimum absolute atomic E-state index is 0.0471. The summed E-state index contributed by atoms with van der Waals surface area (Å²) in [5.41, 5.74) is 6.91. The van der Waals surface area contributed by atoms with Crippen molar-refractivity contribution in [3.8, 4) is 11.4 Å². The number of amides is 2. The number of carbonyl (C=O) groups is 3. The summed E-state index contributed by atoms with van der Waals surface area (Å²) in [6.07, 6.45) is 0.958. The van der Waals surface area contributed by atoms with Gasteiger partial charge in [0.2, 0.25) is 5.91 Å². The summed E-state index contributed by atoms with van der Waals surface area (Å²) in [5.74, 6) is -0.860. The Labute approximate surface area is 197 Å². The number of methoxy groups -OCH3 is 1. The number of aryl methyl sites for hydroxylation is 1. The molecule has 3 aromatic heterocycles. The molecule has 2 amide bonds. The number of carbonyl (C=O) groups excluding carboxylic acids is 3. The van der Waals surface area contributed by atoms with Gasteiger partial charge in [0, 0.05) is 22.4 Å². The molecule has 3 N–H and O–H groups in total. The number of nitrogens with zero attached hydrogens (tertiary/aromatic N) is 3. The normalized spacial score (nSPS) is 10.9. The van der Waals surface area contributed by atoms with Gasteiger partial charge in [-0.3, -0.25) is 9.59 Å². The second-order valence-electron chi connectivity index (χ2n) is 6.66. The maximum absolute atomic E-state index is 12.6. The molecular formula is C20H23N5O4S3. The number of nitrogens with two attached hydrogens (primary N) is 1. The van der Waals surface area contributed by atoms with Gasteiger partial charge in [0.25, 0.3) is 5.91 Å². The molecule has 0 aliphatic carbocycles. The molecule has 12 heteroatoms. The first-order chi connectivity index (χ1) is 15.3. The molecule has 0 saturated heterocycles. The fraction of sp³-hybridized carbons (Fsp3) is 0.350. The Morgan fingerprint density at radius 2 is 2.03 bits per heavy atom. The molecule has 32 heavy (non-hydrogen) atoms. The molecule has 3 aromatic rings. The third-order valence-corrected chi connectivity index (χ3v) is 7.91. The minimum atomic E-state index is -0.671. The number of anilines is 1. The zero-order chi connectivity index (χ0) is 23.4. The molecule has 170 valence electrons. The Balaban J connectivity index is 1.75. The average molecular weight is 494 g/mol. The number of esters is 1. The summed E-state index contributed by atoms with van der Waals surface area (Å²) in [6, 6.07) is 2.10. The standard InChI is InChI=1S/C20H23N5O4S3/c1-5-12-7-11(8-30-12)17-23-24-20(25(17)6-2)31-9-13(26)22-18-14(19(28)29-4)10(3)15(32-18)16(21)27/h7-8H,5-6,9H2,1-4H3,(H2,21,27)(H,22,26). The van der Waals surface area contributed by atoms with Crippen molar-refractivity contribution in [1.29, 1.82) is 0 Å². The molecule has 0 aromatic carbocycles.